The lowest BCUT2D eigenvalue weighted by Crippen LogP contribution is -2.48. The van der Waals surface area contributed by atoms with Gasteiger partial charge in [-0.25, -0.2) is 0 Å². The van der Waals surface area contributed by atoms with Gasteiger partial charge in [0.25, 0.3) is 10.1 Å². The van der Waals surface area contributed by atoms with Crippen LogP contribution in [-0.2, 0) is 14.3 Å². The highest BCUT2D eigenvalue weighted by Gasteiger charge is 2.45. The van der Waals surface area contributed by atoms with Crippen molar-refractivity contribution in [3.8, 4) is 0 Å². The van der Waals surface area contributed by atoms with Crippen LogP contribution < -0.4 is 0 Å². The molecule has 4 heteroatoms. The molecule has 1 aliphatic rings. The summed E-state index contributed by atoms with van der Waals surface area (Å²) in [5, 5.41) is 0. The van der Waals surface area contributed by atoms with Gasteiger partial charge in [-0.3, -0.25) is 4.18 Å². The Hall–Kier alpha value is -0.0900. The molecule has 1 aliphatic heterocycles. The van der Waals surface area contributed by atoms with Gasteiger partial charge in [0.15, 0.2) is 0 Å². The van der Waals surface area contributed by atoms with Gasteiger partial charge in [0.1, 0.15) is 4.75 Å². The fourth-order valence-corrected chi connectivity index (χ4v) is 1.17. The molecule has 48 valence electrons. The van der Waals surface area contributed by atoms with Gasteiger partial charge in [0.2, 0.25) is 0 Å². The minimum atomic E-state index is -3.16. The van der Waals surface area contributed by atoms with Gasteiger partial charge < -0.3 is 0 Å². The van der Waals surface area contributed by atoms with Crippen LogP contribution in [0.3, 0.4) is 0 Å². The van der Waals surface area contributed by atoms with E-state index in [1.54, 1.807) is 13.8 Å². The predicted octanol–water partition coefficient (Wildman–Crippen LogP) is 0.125. The van der Waals surface area contributed by atoms with Crippen molar-refractivity contribution in [3.05, 3.63) is 0 Å². The molecule has 8 heavy (non-hydrogen) atoms. The molecule has 0 aromatic heterocycles. The Balaban J connectivity index is 2.95. The maximum absolute atomic E-state index is 10.5. The quantitative estimate of drug-likeness (QED) is 0.444. The van der Waals surface area contributed by atoms with E-state index in [9.17, 15) is 8.42 Å². The first-order valence-electron chi connectivity index (χ1n) is 2.35. The molecule has 1 rings (SSSR count). The predicted molar refractivity (Wildman–Crippen MR) is 29.0 cm³/mol. The first-order chi connectivity index (χ1) is 3.46. The van der Waals surface area contributed by atoms with Crippen LogP contribution in [0.25, 0.3) is 0 Å². The molecule has 0 saturated carbocycles. The molecule has 0 unspecified atom stereocenters. The molecule has 3 nitrogen and oxygen atoms in total. The monoisotopic (exact) mass is 136 g/mol. The van der Waals surface area contributed by atoms with E-state index in [4.69, 9.17) is 0 Å². The molecular formula is C4H8O3S. The molecule has 0 bridgehead atoms. The third kappa shape index (κ3) is 0.563. The Morgan fingerprint density at radius 1 is 1.50 bits per heavy atom. The van der Waals surface area contributed by atoms with Crippen molar-refractivity contribution >= 4 is 10.1 Å². The lowest BCUT2D eigenvalue weighted by molar-refractivity contribution is 0.203. The van der Waals surface area contributed by atoms with Gasteiger partial charge >= 0.3 is 0 Å². The van der Waals surface area contributed by atoms with E-state index in [-0.39, 0.29) is 0 Å². The van der Waals surface area contributed by atoms with Gasteiger partial charge in [0, 0.05) is 0 Å². The molecule has 0 aromatic carbocycles. The largest absolute Gasteiger partial charge is 0.274 e. The fraction of sp³-hybridized carbons (Fsp3) is 1.00. The van der Waals surface area contributed by atoms with Crippen LogP contribution in [0.2, 0.25) is 0 Å². The molecule has 0 amide bonds. The Labute approximate surface area is 48.8 Å². The van der Waals surface area contributed by atoms with Gasteiger partial charge in [-0.1, -0.05) is 0 Å². The van der Waals surface area contributed by atoms with Gasteiger partial charge in [-0.2, -0.15) is 8.42 Å². The van der Waals surface area contributed by atoms with Gasteiger partial charge in [-0.05, 0) is 13.8 Å². The van der Waals surface area contributed by atoms with Crippen molar-refractivity contribution in [1.82, 2.24) is 0 Å². The van der Waals surface area contributed by atoms with Crippen LogP contribution in [0, 0.1) is 0 Å². The Morgan fingerprint density at radius 2 is 1.88 bits per heavy atom. The van der Waals surface area contributed by atoms with Crippen molar-refractivity contribution in [2.24, 2.45) is 0 Å². The third-order valence-electron chi connectivity index (χ3n) is 1.24. The fourth-order valence-electron chi connectivity index (χ4n) is 0.391. The SMILES string of the molecule is CC1(C)COS1(=O)=O. The lowest BCUT2D eigenvalue weighted by Gasteiger charge is -2.32. The topological polar surface area (TPSA) is 43.4 Å². The highest BCUT2D eigenvalue weighted by atomic mass is 32.2. The van der Waals surface area contributed by atoms with E-state index in [1.807, 2.05) is 0 Å². The second-order valence-electron chi connectivity index (χ2n) is 2.48. The molecule has 0 aromatic rings. The Kier molecular flexibility index (Phi) is 0.941. The highest BCUT2D eigenvalue weighted by molar-refractivity contribution is 7.89. The Morgan fingerprint density at radius 3 is 1.88 bits per heavy atom. The van der Waals surface area contributed by atoms with E-state index in [1.165, 1.54) is 0 Å². The summed E-state index contributed by atoms with van der Waals surface area (Å²) in [6.45, 7) is 3.62. The summed E-state index contributed by atoms with van der Waals surface area (Å²) in [4.78, 5) is 0. The van der Waals surface area contributed by atoms with E-state index in [0.29, 0.717) is 6.61 Å². The second kappa shape index (κ2) is 1.25. The van der Waals surface area contributed by atoms with Crippen LogP contribution in [-0.4, -0.2) is 19.8 Å². The number of hydrogen-bond acceptors (Lipinski definition) is 3. The van der Waals surface area contributed by atoms with Crippen molar-refractivity contribution in [2.45, 2.75) is 18.6 Å². The van der Waals surface area contributed by atoms with Crippen LogP contribution >= 0.6 is 0 Å². The molecule has 0 aliphatic carbocycles. The molecule has 0 radical (unpaired) electrons. The Bertz CT molecular complexity index is 189. The number of hydrogen-bond donors (Lipinski definition) is 0. The van der Waals surface area contributed by atoms with Crippen molar-refractivity contribution in [3.63, 3.8) is 0 Å². The van der Waals surface area contributed by atoms with Gasteiger partial charge in [-0.15, -0.1) is 0 Å². The first kappa shape index (κ1) is 6.04. The normalized spacial score (nSPS) is 31.2. The third-order valence-corrected chi connectivity index (χ3v) is 3.14. The first-order valence-corrected chi connectivity index (χ1v) is 3.75. The van der Waals surface area contributed by atoms with E-state index >= 15 is 0 Å². The lowest BCUT2D eigenvalue weighted by atomic mass is 10.2. The van der Waals surface area contributed by atoms with Gasteiger partial charge in [0.05, 0.1) is 6.61 Å². The molecule has 1 heterocycles. The van der Waals surface area contributed by atoms with Crippen LogP contribution in [0.15, 0.2) is 0 Å². The van der Waals surface area contributed by atoms with Crippen LogP contribution in [0.4, 0.5) is 0 Å². The summed E-state index contributed by atoms with van der Waals surface area (Å²) >= 11 is 0. The summed E-state index contributed by atoms with van der Waals surface area (Å²) < 4.78 is 24.7. The zero-order chi connectivity index (χ0) is 6.41. The zero-order valence-corrected chi connectivity index (χ0v) is 5.66. The standard InChI is InChI=1S/C4H8O3S/c1-4(2)3-7-8(4,5)6/h3H2,1-2H3. The summed E-state index contributed by atoms with van der Waals surface area (Å²) in [5.41, 5.74) is 0. The molecule has 0 N–H and O–H groups in total. The molecule has 1 fully saturated rings. The molecule has 1 saturated heterocycles. The van der Waals surface area contributed by atoms with E-state index in [2.05, 4.69) is 4.18 Å². The van der Waals surface area contributed by atoms with Crippen LogP contribution in [0.5, 0.6) is 0 Å². The second-order valence-corrected chi connectivity index (χ2v) is 4.73. The van der Waals surface area contributed by atoms with E-state index in [0.717, 1.165) is 0 Å². The van der Waals surface area contributed by atoms with Crippen molar-refractivity contribution in [2.75, 3.05) is 6.61 Å². The average molecular weight is 136 g/mol. The molecule has 0 atom stereocenters. The summed E-state index contributed by atoms with van der Waals surface area (Å²) in [5.74, 6) is 0. The summed E-state index contributed by atoms with van der Waals surface area (Å²) in [6.07, 6.45) is 0. The maximum atomic E-state index is 10.5. The van der Waals surface area contributed by atoms with Crippen LogP contribution in [0.1, 0.15) is 13.8 Å². The smallest absolute Gasteiger partial charge is 0.268 e. The van der Waals surface area contributed by atoms with Crippen molar-refractivity contribution in [1.29, 1.82) is 0 Å². The average Bonchev–Trinajstić information content (AvgIpc) is 1.64. The molecule has 0 spiro atoms. The summed E-state index contributed by atoms with van der Waals surface area (Å²) in [6, 6.07) is 0. The molecular weight excluding hydrogens is 128 g/mol. The minimum Gasteiger partial charge on any atom is -0.268 e. The highest BCUT2D eigenvalue weighted by Crippen LogP contribution is 2.28. The van der Waals surface area contributed by atoms with Crippen molar-refractivity contribution < 1.29 is 12.6 Å². The minimum absolute atomic E-state index is 0.329. The zero-order valence-electron chi connectivity index (χ0n) is 4.84. The van der Waals surface area contributed by atoms with E-state index < -0.39 is 14.9 Å². The summed E-state index contributed by atoms with van der Waals surface area (Å²) in [7, 11) is -3.16. The number of rotatable bonds is 0. The maximum Gasteiger partial charge on any atom is 0.274 e.